The average molecular weight is 299 g/mol. The number of halogens is 2. The van der Waals surface area contributed by atoms with Gasteiger partial charge in [0.2, 0.25) is 5.82 Å². The SMILES string of the molecule is O=[N+]([O-])c1cccc(Cn2cc(CCCCl)nn2)c1F. The molecule has 1 heterocycles. The number of hydrogen-bond acceptors (Lipinski definition) is 4. The molecule has 0 spiro atoms. The fourth-order valence-corrected chi connectivity index (χ4v) is 1.92. The van der Waals surface area contributed by atoms with Crippen LogP contribution in [0.25, 0.3) is 0 Å². The molecule has 0 unspecified atom stereocenters. The highest BCUT2D eigenvalue weighted by Crippen LogP contribution is 2.20. The molecule has 1 aromatic carbocycles. The van der Waals surface area contributed by atoms with Crippen LogP contribution in [0.5, 0.6) is 0 Å². The fourth-order valence-electron chi connectivity index (χ4n) is 1.78. The molecule has 0 amide bonds. The minimum absolute atomic E-state index is 0.0986. The van der Waals surface area contributed by atoms with Gasteiger partial charge in [-0.2, -0.15) is 4.39 Å². The van der Waals surface area contributed by atoms with E-state index in [-0.39, 0.29) is 12.1 Å². The van der Waals surface area contributed by atoms with Crippen molar-refractivity contribution in [2.24, 2.45) is 0 Å². The van der Waals surface area contributed by atoms with E-state index in [2.05, 4.69) is 10.3 Å². The molecule has 8 heteroatoms. The number of benzene rings is 1. The number of aryl methyl sites for hydroxylation is 1. The lowest BCUT2D eigenvalue weighted by molar-refractivity contribution is -0.387. The maximum absolute atomic E-state index is 13.9. The summed E-state index contributed by atoms with van der Waals surface area (Å²) in [6, 6.07) is 4.07. The molecule has 0 aliphatic heterocycles. The first-order valence-corrected chi connectivity index (χ1v) is 6.52. The van der Waals surface area contributed by atoms with Gasteiger partial charge in [0.25, 0.3) is 0 Å². The minimum atomic E-state index is -0.838. The van der Waals surface area contributed by atoms with Gasteiger partial charge in [-0.05, 0) is 12.8 Å². The van der Waals surface area contributed by atoms with E-state index in [0.717, 1.165) is 18.2 Å². The van der Waals surface area contributed by atoms with Gasteiger partial charge in [0.15, 0.2) is 0 Å². The van der Waals surface area contributed by atoms with E-state index in [1.54, 1.807) is 6.20 Å². The summed E-state index contributed by atoms with van der Waals surface area (Å²) in [5.74, 6) is -0.304. The van der Waals surface area contributed by atoms with Crippen molar-refractivity contribution in [1.82, 2.24) is 15.0 Å². The Labute approximate surface area is 119 Å². The zero-order chi connectivity index (χ0) is 14.5. The van der Waals surface area contributed by atoms with Crippen LogP contribution >= 0.6 is 11.6 Å². The number of nitro benzene ring substituents is 1. The maximum Gasteiger partial charge on any atom is 0.305 e. The third-order valence-electron chi connectivity index (χ3n) is 2.74. The number of rotatable bonds is 6. The lowest BCUT2D eigenvalue weighted by atomic mass is 10.2. The van der Waals surface area contributed by atoms with Gasteiger partial charge in [-0.3, -0.25) is 10.1 Å². The molecule has 1 aromatic heterocycles. The van der Waals surface area contributed by atoms with E-state index < -0.39 is 16.4 Å². The molecule has 6 nitrogen and oxygen atoms in total. The largest absolute Gasteiger partial charge is 0.305 e. The summed E-state index contributed by atoms with van der Waals surface area (Å²) in [6.07, 6.45) is 3.16. The van der Waals surface area contributed by atoms with Crippen molar-refractivity contribution in [3.63, 3.8) is 0 Å². The lowest BCUT2D eigenvalue weighted by Crippen LogP contribution is -2.04. The maximum atomic E-state index is 13.9. The molecule has 2 aromatic rings. The van der Waals surface area contributed by atoms with Crippen molar-refractivity contribution in [1.29, 1.82) is 0 Å². The zero-order valence-corrected chi connectivity index (χ0v) is 11.3. The van der Waals surface area contributed by atoms with E-state index in [4.69, 9.17) is 11.6 Å². The predicted octanol–water partition coefficient (Wildman–Crippen LogP) is 2.55. The third-order valence-corrected chi connectivity index (χ3v) is 3.01. The Morgan fingerprint density at radius 1 is 1.45 bits per heavy atom. The highest BCUT2D eigenvalue weighted by molar-refractivity contribution is 6.17. The third kappa shape index (κ3) is 3.30. The molecule has 0 bridgehead atoms. The van der Waals surface area contributed by atoms with Gasteiger partial charge >= 0.3 is 5.69 Å². The topological polar surface area (TPSA) is 73.8 Å². The normalized spacial score (nSPS) is 10.7. The summed E-state index contributed by atoms with van der Waals surface area (Å²) in [6.45, 7) is 0.0986. The van der Waals surface area contributed by atoms with Gasteiger partial charge in [-0.15, -0.1) is 16.7 Å². The smallest absolute Gasteiger partial charge is 0.258 e. The second kappa shape index (κ2) is 6.42. The second-order valence-electron chi connectivity index (χ2n) is 4.21. The van der Waals surface area contributed by atoms with Gasteiger partial charge in [0.1, 0.15) is 0 Å². The lowest BCUT2D eigenvalue weighted by Gasteiger charge is -2.03. The Kier molecular flexibility index (Phi) is 4.62. The molecule has 2 rings (SSSR count). The highest BCUT2D eigenvalue weighted by atomic mass is 35.5. The van der Waals surface area contributed by atoms with Crippen molar-refractivity contribution in [3.05, 3.63) is 51.6 Å². The molecule has 20 heavy (non-hydrogen) atoms. The standard InChI is InChI=1S/C12H12ClFN4O2/c13-6-2-4-10-8-17(16-15-10)7-9-3-1-5-11(12(9)14)18(19)20/h1,3,5,8H,2,4,6-7H2. The molecular weight excluding hydrogens is 287 g/mol. The second-order valence-corrected chi connectivity index (χ2v) is 4.59. The van der Waals surface area contributed by atoms with Crippen LogP contribution in [0.1, 0.15) is 17.7 Å². The van der Waals surface area contributed by atoms with Crippen LogP contribution in [0.2, 0.25) is 0 Å². The Bertz CT molecular complexity index is 617. The zero-order valence-electron chi connectivity index (χ0n) is 10.5. The van der Waals surface area contributed by atoms with Crippen LogP contribution < -0.4 is 0 Å². The van der Waals surface area contributed by atoms with Gasteiger partial charge < -0.3 is 0 Å². The van der Waals surface area contributed by atoms with Crippen molar-refractivity contribution >= 4 is 17.3 Å². The summed E-state index contributed by atoms with van der Waals surface area (Å²) in [4.78, 5) is 9.92. The first kappa shape index (κ1) is 14.4. The van der Waals surface area contributed by atoms with Crippen molar-refractivity contribution < 1.29 is 9.31 Å². The van der Waals surface area contributed by atoms with Crippen molar-refractivity contribution in [3.8, 4) is 0 Å². The van der Waals surface area contributed by atoms with Crippen LogP contribution in [0.3, 0.4) is 0 Å². The Morgan fingerprint density at radius 3 is 2.95 bits per heavy atom. The molecule has 0 aliphatic carbocycles. The first-order chi connectivity index (χ1) is 9.61. The summed E-state index contributed by atoms with van der Waals surface area (Å²) >= 11 is 5.59. The Balaban J connectivity index is 2.16. The molecule has 0 fully saturated rings. The quantitative estimate of drug-likeness (QED) is 0.466. The molecule has 0 N–H and O–H groups in total. The van der Waals surface area contributed by atoms with Crippen molar-refractivity contribution in [2.45, 2.75) is 19.4 Å². The molecular formula is C12H12ClFN4O2. The summed E-state index contributed by atoms with van der Waals surface area (Å²) < 4.78 is 15.3. The van der Waals surface area contributed by atoms with E-state index >= 15 is 0 Å². The molecule has 0 atom stereocenters. The molecule has 0 saturated carbocycles. The van der Waals surface area contributed by atoms with Crippen LogP contribution in [0, 0.1) is 15.9 Å². The van der Waals surface area contributed by atoms with Crippen LogP contribution in [0.4, 0.5) is 10.1 Å². The summed E-state index contributed by atoms with van der Waals surface area (Å²) in [5.41, 5.74) is 0.425. The average Bonchev–Trinajstić information content (AvgIpc) is 2.86. The number of nitrogens with zero attached hydrogens (tertiary/aromatic N) is 4. The monoisotopic (exact) mass is 298 g/mol. The molecule has 0 saturated heterocycles. The van der Waals surface area contributed by atoms with Crippen molar-refractivity contribution in [2.75, 3.05) is 5.88 Å². The summed E-state index contributed by atoms with van der Waals surface area (Å²) in [7, 11) is 0. The van der Waals surface area contributed by atoms with E-state index in [0.29, 0.717) is 12.3 Å². The van der Waals surface area contributed by atoms with E-state index in [1.165, 1.54) is 16.8 Å². The molecule has 106 valence electrons. The number of nitro groups is 1. The van der Waals surface area contributed by atoms with E-state index in [9.17, 15) is 14.5 Å². The predicted molar refractivity (Wildman–Crippen MR) is 71.2 cm³/mol. The van der Waals surface area contributed by atoms with E-state index in [1.807, 2.05) is 0 Å². The van der Waals surface area contributed by atoms with Gasteiger partial charge in [0, 0.05) is 23.7 Å². The van der Waals surface area contributed by atoms with Crippen LogP contribution in [-0.2, 0) is 13.0 Å². The minimum Gasteiger partial charge on any atom is -0.258 e. The van der Waals surface area contributed by atoms with Gasteiger partial charge in [-0.1, -0.05) is 17.3 Å². The van der Waals surface area contributed by atoms with Crippen LogP contribution in [0.15, 0.2) is 24.4 Å². The Hall–Kier alpha value is -2.02. The number of alkyl halides is 1. The Morgan fingerprint density at radius 2 is 2.25 bits per heavy atom. The van der Waals surface area contributed by atoms with Gasteiger partial charge in [0.05, 0.1) is 17.2 Å². The molecule has 0 radical (unpaired) electrons. The summed E-state index contributed by atoms with van der Waals surface area (Å²) in [5, 5.41) is 18.5. The highest BCUT2D eigenvalue weighted by Gasteiger charge is 2.17. The first-order valence-electron chi connectivity index (χ1n) is 5.98. The number of aromatic nitrogens is 3. The van der Waals surface area contributed by atoms with Crippen LogP contribution in [-0.4, -0.2) is 25.8 Å². The molecule has 0 aliphatic rings. The van der Waals surface area contributed by atoms with Gasteiger partial charge in [-0.25, -0.2) is 4.68 Å². The fraction of sp³-hybridized carbons (Fsp3) is 0.333. The number of hydrogen-bond donors (Lipinski definition) is 0.